The zero-order valence-electron chi connectivity index (χ0n) is 13.6. The first kappa shape index (κ1) is 17.3. The molecule has 0 atom stereocenters. The maximum absolute atomic E-state index is 10.5. The van der Waals surface area contributed by atoms with E-state index in [0.29, 0.717) is 11.6 Å². The van der Waals surface area contributed by atoms with Crippen molar-refractivity contribution in [1.82, 2.24) is 15.3 Å². The number of rotatable bonds is 2. The maximum atomic E-state index is 10.5. The zero-order chi connectivity index (χ0) is 19.0. The van der Waals surface area contributed by atoms with Gasteiger partial charge in [0.2, 0.25) is 0 Å². The van der Waals surface area contributed by atoms with Crippen molar-refractivity contribution >= 4 is 46.5 Å². The predicted molar refractivity (Wildman–Crippen MR) is 104 cm³/mol. The Morgan fingerprint density at radius 2 is 1.19 bits per heavy atom. The highest BCUT2D eigenvalue weighted by atomic mass is 35.5. The quantitative estimate of drug-likeness (QED) is 0.566. The second kappa shape index (κ2) is 6.86. The molecule has 0 spiro atoms. The molecule has 134 valence electrons. The normalized spacial score (nSPS) is 15.8. The fourth-order valence-corrected chi connectivity index (χ4v) is 2.97. The minimum Gasteiger partial charge on any atom is -0.506 e. The van der Waals surface area contributed by atoms with E-state index < -0.39 is 0 Å². The van der Waals surface area contributed by atoms with Crippen LogP contribution in [0.25, 0.3) is 0 Å². The number of nitrogens with one attached hydrogen (secondary N) is 1. The van der Waals surface area contributed by atoms with Gasteiger partial charge >= 0.3 is 0 Å². The van der Waals surface area contributed by atoms with Crippen LogP contribution in [0.15, 0.2) is 58.8 Å². The Balaban J connectivity index is 1.96. The van der Waals surface area contributed by atoms with Crippen LogP contribution in [0.5, 0.6) is 11.5 Å². The second-order valence-corrected chi connectivity index (χ2v) is 6.25. The third-order valence-corrected chi connectivity index (χ3v) is 4.63. The molecule has 7 nitrogen and oxygen atoms in total. The summed E-state index contributed by atoms with van der Waals surface area (Å²) in [5.74, 6) is 0.616. The van der Waals surface area contributed by atoms with Crippen molar-refractivity contribution in [2.45, 2.75) is 0 Å². The lowest BCUT2D eigenvalue weighted by Crippen LogP contribution is -2.22. The Morgan fingerprint density at radius 3 is 1.56 bits per heavy atom. The van der Waals surface area contributed by atoms with Crippen LogP contribution in [0.1, 0.15) is 11.1 Å². The van der Waals surface area contributed by atoms with Crippen LogP contribution in [-0.2, 0) is 0 Å². The average molecular weight is 400 g/mol. The molecule has 1 aliphatic heterocycles. The first-order valence-electron chi connectivity index (χ1n) is 7.76. The third kappa shape index (κ3) is 3.07. The summed E-state index contributed by atoms with van der Waals surface area (Å²) in [4.78, 5) is 17.0. The molecule has 0 saturated heterocycles. The van der Waals surface area contributed by atoms with Gasteiger partial charge in [0.15, 0.2) is 11.6 Å². The maximum Gasteiger partial charge on any atom is 0.154 e. The van der Waals surface area contributed by atoms with Gasteiger partial charge in [0.1, 0.15) is 33.2 Å². The highest BCUT2D eigenvalue weighted by Crippen LogP contribution is 2.46. The number of aromatic nitrogens is 2. The van der Waals surface area contributed by atoms with Gasteiger partial charge in [-0.2, -0.15) is 0 Å². The molecule has 9 heteroatoms. The first-order chi connectivity index (χ1) is 13.1. The van der Waals surface area contributed by atoms with Crippen molar-refractivity contribution in [3.8, 4) is 11.5 Å². The molecule has 3 aromatic rings. The molecule has 0 fully saturated rings. The topological polar surface area (TPSA) is 103 Å². The van der Waals surface area contributed by atoms with Crippen molar-refractivity contribution < 1.29 is 10.2 Å². The number of hydrogen-bond donors (Lipinski definition) is 3. The number of phenols is 2. The van der Waals surface area contributed by atoms with Crippen LogP contribution in [0.3, 0.4) is 0 Å². The molecule has 0 saturated carbocycles. The Hall–Kier alpha value is -3.16. The summed E-state index contributed by atoms with van der Waals surface area (Å²) in [5, 5.41) is 23.6. The minimum atomic E-state index is -0.317. The van der Waals surface area contributed by atoms with Gasteiger partial charge in [-0.3, -0.25) is 0 Å². The summed E-state index contributed by atoms with van der Waals surface area (Å²) < 4.78 is 0. The number of amidine groups is 2. The molecule has 0 radical (unpaired) electrons. The highest BCUT2D eigenvalue weighted by molar-refractivity contribution is 6.46. The van der Waals surface area contributed by atoms with Crippen molar-refractivity contribution in [1.29, 1.82) is 0 Å². The van der Waals surface area contributed by atoms with E-state index in [1.54, 1.807) is 48.8 Å². The van der Waals surface area contributed by atoms with E-state index >= 15 is 0 Å². The molecule has 1 aromatic carbocycles. The van der Waals surface area contributed by atoms with Crippen LogP contribution in [0.2, 0.25) is 10.0 Å². The van der Waals surface area contributed by atoms with E-state index in [1.807, 2.05) is 0 Å². The summed E-state index contributed by atoms with van der Waals surface area (Å²) >= 11 is 12.1. The lowest BCUT2D eigenvalue weighted by molar-refractivity contribution is 0.459. The number of pyridine rings is 2. The Labute approximate surface area is 163 Å². The van der Waals surface area contributed by atoms with Gasteiger partial charge in [0, 0.05) is 12.4 Å². The molecule has 3 N–H and O–H groups in total. The van der Waals surface area contributed by atoms with E-state index in [9.17, 15) is 10.2 Å². The average Bonchev–Trinajstić information content (AvgIpc) is 3.04. The number of aliphatic imine (C=N–C) groups is 2. The number of fused-ring (bicyclic) bond motifs is 1. The van der Waals surface area contributed by atoms with E-state index in [4.69, 9.17) is 23.2 Å². The summed E-state index contributed by atoms with van der Waals surface area (Å²) in [7, 11) is 0. The molecular weight excluding hydrogens is 389 g/mol. The molecule has 0 unspecified atom stereocenters. The van der Waals surface area contributed by atoms with E-state index in [-0.39, 0.29) is 44.3 Å². The van der Waals surface area contributed by atoms with E-state index in [2.05, 4.69) is 25.3 Å². The Morgan fingerprint density at radius 1 is 0.741 bits per heavy atom. The zero-order valence-corrected chi connectivity index (χ0v) is 15.1. The fourth-order valence-electron chi connectivity index (χ4n) is 2.60. The summed E-state index contributed by atoms with van der Waals surface area (Å²) in [6, 6.07) is 10.4. The van der Waals surface area contributed by atoms with Gasteiger partial charge < -0.3 is 15.5 Å². The number of benzene rings is 1. The first-order valence-corrected chi connectivity index (χ1v) is 8.52. The SMILES string of the molecule is Oc1c(Cl)c(Cl)c(O)c2c1C(=Nc1ccccn1)NC2=Nc1ccccn1. The minimum absolute atomic E-state index is 0.178. The van der Waals surface area contributed by atoms with Gasteiger partial charge in [-0.15, -0.1) is 0 Å². The molecule has 4 rings (SSSR count). The lowest BCUT2D eigenvalue weighted by atomic mass is 10.1. The van der Waals surface area contributed by atoms with Gasteiger partial charge in [-0.1, -0.05) is 35.3 Å². The molecule has 3 heterocycles. The smallest absolute Gasteiger partial charge is 0.154 e. The Kier molecular flexibility index (Phi) is 4.39. The van der Waals surface area contributed by atoms with Crippen LogP contribution in [0, 0.1) is 0 Å². The van der Waals surface area contributed by atoms with Gasteiger partial charge in [-0.05, 0) is 24.3 Å². The fraction of sp³-hybridized carbons (Fsp3) is 0. The van der Waals surface area contributed by atoms with Gasteiger partial charge in [0.25, 0.3) is 0 Å². The monoisotopic (exact) mass is 399 g/mol. The van der Waals surface area contributed by atoms with Crippen molar-refractivity contribution in [2.24, 2.45) is 9.98 Å². The molecule has 2 aromatic heterocycles. The summed E-state index contributed by atoms with van der Waals surface area (Å²) in [6.45, 7) is 0. The molecular formula is C18H11Cl2N5O2. The molecule has 1 aliphatic rings. The standard InChI is InChI=1S/C18H11Cl2N5O2/c19-13-14(20)16(27)12-11(15(13)26)17(23-9-5-1-3-7-21-9)25-18(12)24-10-6-2-4-8-22-10/h1-8,26-27H,(H,21,22,23,24,25). The van der Waals surface area contributed by atoms with Crippen LogP contribution in [0.4, 0.5) is 11.6 Å². The van der Waals surface area contributed by atoms with Crippen molar-refractivity contribution in [3.05, 3.63) is 70.0 Å². The third-order valence-electron chi connectivity index (χ3n) is 3.79. The van der Waals surface area contributed by atoms with Crippen molar-refractivity contribution in [3.63, 3.8) is 0 Å². The van der Waals surface area contributed by atoms with E-state index in [0.717, 1.165) is 0 Å². The highest BCUT2D eigenvalue weighted by Gasteiger charge is 2.34. The van der Waals surface area contributed by atoms with Crippen LogP contribution in [-0.4, -0.2) is 31.9 Å². The largest absolute Gasteiger partial charge is 0.506 e. The number of phenolic OH excluding ortho intramolecular Hbond substituents is 2. The number of aromatic hydroxyl groups is 2. The van der Waals surface area contributed by atoms with Gasteiger partial charge in [-0.25, -0.2) is 20.0 Å². The van der Waals surface area contributed by atoms with Crippen LogP contribution >= 0.6 is 23.2 Å². The molecule has 0 amide bonds. The predicted octanol–water partition coefficient (Wildman–Crippen LogP) is 3.95. The number of nitrogens with zero attached hydrogens (tertiary/aromatic N) is 4. The second-order valence-electron chi connectivity index (χ2n) is 5.50. The van der Waals surface area contributed by atoms with E-state index in [1.165, 1.54) is 0 Å². The van der Waals surface area contributed by atoms with Crippen LogP contribution < -0.4 is 5.32 Å². The summed E-state index contributed by atoms with van der Waals surface area (Å²) in [6.07, 6.45) is 3.18. The Bertz CT molecular complexity index is 1000. The van der Waals surface area contributed by atoms with Crippen molar-refractivity contribution in [2.75, 3.05) is 0 Å². The van der Waals surface area contributed by atoms with Gasteiger partial charge in [0.05, 0.1) is 11.1 Å². The molecule has 0 aliphatic carbocycles. The number of halogens is 2. The molecule has 0 bridgehead atoms. The molecule has 27 heavy (non-hydrogen) atoms. The lowest BCUT2D eigenvalue weighted by Gasteiger charge is -2.09. The number of hydrogen-bond acceptors (Lipinski definition) is 6. The summed E-state index contributed by atoms with van der Waals surface area (Å²) in [5.41, 5.74) is 0.365.